The minimum Gasteiger partial charge on any atom is -0.161 e. The van der Waals surface area contributed by atoms with E-state index in [1.54, 1.807) is 0 Å². The maximum absolute atomic E-state index is 10.9. The summed E-state index contributed by atoms with van der Waals surface area (Å²) in [6.45, 7) is 0. The van der Waals surface area contributed by atoms with E-state index in [9.17, 15) is 4.57 Å². The van der Waals surface area contributed by atoms with Crippen molar-refractivity contribution in [2.45, 2.75) is 37.3 Å². The van der Waals surface area contributed by atoms with Gasteiger partial charge in [0.15, 0.2) is 5.66 Å². The van der Waals surface area contributed by atoms with Crippen LogP contribution in [0.4, 0.5) is 0 Å². The molecule has 1 saturated carbocycles. The van der Waals surface area contributed by atoms with Gasteiger partial charge in [-0.05, 0) is 41.7 Å². The third kappa shape index (κ3) is 2.64. The minimum absolute atomic E-state index is 0.0416. The average molecular weight is 223 g/mol. The van der Waals surface area contributed by atoms with Crippen molar-refractivity contribution in [2.75, 3.05) is 0 Å². The number of hydrogen-bond acceptors (Lipinski definition) is 1. The van der Waals surface area contributed by atoms with Crippen LogP contribution in [-0.4, -0.2) is 10.6 Å². The normalized spacial score (nSPS) is 27.4. The van der Waals surface area contributed by atoms with Crippen molar-refractivity contribution in [3.63, 3.8) is 0 Å². The first-order valence-corrected chi connectivity index (χ1v) is 6.75. The quantitative estimate of drug-likeness (QED) is 0.780. The standard InChI is InChI=1S/C12H15O2P/c13-15(14)12-8-6-11(7-9-12)10-4-2-1-3-5-10/h1-5,11-12H,6-9H2/p+1. The van der Waals surface area contributed by atoms with E-state index < -0.39 is 8.03 Å². The van der Waals surface area contributed by atoms with E-state index in [4.69, 9.17) is 4.89 Å². The van der Waals surface area contributed by atoms with Crippen LogP contribution < -0.4 is 0 Å². The summed E-state index contributed by atoms with van der Waals surface area (Å²) in [6.07, 6.45) is 3.89. The Labute approximate surface area is 91.2 Å². The molecule has 0 aromatic heterocycles. The molecular formula is C12H16O2P+. The number of rotatable bonds is 2. The van der Waals surface area contributed by atoms with Gasteiger partial charge in [0.2, 0.25) is 0 Å². The zero-order chi connectivity index (χ0) is 10.7. The molecule has 1 unspecified atom stereocenters. The highest BCUT2D eigenvalue weighted by Crippen LogP contribution is 2.41. The Balaban J connectivity index is 1.97. The van der Waals surface area contributed by atoms with E-state index in [1.165, 1.54) is 5.56 Å². The fourth-order valence-electron chi connectivity index (χ4n) is 2.36. The van der Waals surface area contributed by atoms with Crippen molar-refractivity contribution >= 4 is 8.03 Å². The summed E-state index contributed by atoms with van der Waals surface area (Å²) in [4.78, 5) is 9.04. The monoisotopic (exact) mass is 223 g/mol. The van der Waals surface area contributed by atoms with E-state index in [2.05, 4.69) is 24.3 Å². The fourth-order valence-corrected chi connectivity index (χ4v) is 3.10. The largest absolute Gasteiger partial charge is 0.508 e. The van der Waals surface area contributed by atoms with Crippen molar-refractivity contribution in [1.29, 1.82) is 0 Å². The highest BCUT2D eigenvalue weighted by molar-refractivity contribution is 7.38. The summed E-state index contributed by atoms with van der Waals surface area (Å²) in [6, 6.07) is 10.5. The van der Waals surface area contributed by atoms with E-state index in [0.717, 1.165) is 25.7 Å². The van der Waals surface area contributed by atoms with Crippen LogP contribution in [0.1, 0.15) is 37.2 Å². The lowest BCUT2D eigenvalue weighted by Gasteiger charge is -2.22. The summed E-state index contributed by atoms with van der Waals surface area (Å²) in [5, 5.41) is 0. The molecule has 1 aromatic rings. The first-order valence-electron chi connectivity index (χ1n) is 5.47. The maximum Gasteiger partial charge on any atom is 0.508 e. The molecule has 0 spiro atoms. The Kier molecular flexibility index (Phi) is 3.50. The van der Waals surface area contributed by atoms with E-state index >= 15 is 0 Å². The Hall–Kier alpha value is -0.720. The van der Waals surface area contributed by atoms with Gasteiger partial charge in [0.25, 0.3) is 0 Å². The van der Waals surface area contributed by atoms with Crippen LogP contribution in [0.3, 0.4) is 0 Å². The van der Waals surface area contributed by atoms with Crippen LogP contribution >= 0.6 is 8.03 Å². The molecule has 3 heteroatoms. The van der Waals surface area contributed by atoms with Crippen LogP contribution in [0.25, 0.3) is 0 Å². The lowest BCUT2D eigenvalue weighted by Crippen LogP contribution is -2.14. The predicted molar refractivity (Wildman–Crippen MR) is 61.3 cm³/mol. The molecule has 0 amide bonds. The lowest BCUT2D eigenvalue weighted by molar-refractivity contribution is 0.412. The summed E-state index contributed by atoms with van der Waals surface area (Å²) < 4.78 is 10.9. The molecule has 1 aromatic carbocycles. The van der Waals surface area contributed by atoms with Crippen molar-refractivity contribution in [3.8, 4) is 0 Å². The van der Waals surface area contributed by atoms with E-state index in [-0.39, 0.29) is 5.66 Å². The van der Waals surface area contributed by atoms with Gasteiger partial charge < -0.3 is 0 Å². The topological polar surface area (TPSA) is 37.3 Å². The molecule has 0 heterocycles. The smallest absolute Gasteiger partial charge is 0.161 e. The second kappa shape index (κ2) is 4.87. The van der Waals surface area contributed by atoms with E-state index in [0.29, 0.717) is 5.92 Å². The van der Waals surface area contributed by atoms with Gasteiger partial charge in [0.05, 0.1) is 0 Å². The number of benzene rings is 1. The van der Waals surface area contributed by atoms with Crippen LogP contribution in [-0.2, 0) is 4.57 Å². The molecule has 80 valence electrons. The molecule has 1 aliphatic carbocycles. The molecule has 1 fully saturated rings. The zero-order valence-corrected chi connectivity index (χ0v) is 9.57. The molecule has 0 radical (unpaired) electrons. The zero-order valence-electron chi connectivity index (χ0n) is 8.67. The second-order valence-corrected chi connectivity index (χ2v) is 5.55. The summed E-state index contributed by atoms with van der Waals surface area (Å²) in [5.41, 5.74) is 1.42. The van der Waals surface area contributed by atoms with Crippen molar-refractivity contribution in [3.05, 3.63) is 35.9 Å². The Morgan fingerprint density at radius 2 is 1.67 bits per heavy atom. The molecule has 15 heavy (non-hydrogen) atoms. The van der Waals surface area contributed by atoms with Gasteiger partial charge in [-0.25, -0.2) is 0 Å². The lowest BCUT2D eigenvalue weighted by atomic mass is 9.84. The Bertz CT molecular complexity index is 329. The summed E-state index contributed by atoms with van der Waals surface area (Å²) >= 11 is 0. The summed E-state index contributed by atoms with van der Waals surface area (Å²) in [5.74, 6) is 0.595. The first-order chi connectivity index (χ1) is 7.27. The summed E-state index contributed by atoms with van der Waals surface area (Å²) in [7, 11) is -1.96. The molecule has 2 rings (SSSR count). The molecule has 1 atom stereocenters. The molecule has 0 saturated heterocycles. The van der Waals surface area contributed by atoms with Crippen molar-refractivity contribution < 1.29 is 9.46 Å². The van der Waals surface area contributed by atoms with Crippen LogP contribution in [0.15, 0.2) is 30.3 Å². The third-order valence-corrected chi connectivity index (χ3v) is 4.42. The SMILES string of the molecule is O=[P+](O)C1CCC(c2ccccc2)CC1. The molecule has 2 nitrogen and oxygen atoms in total. The van der Waals surface area contributed by atoms with Gasteiger partial charge in [-0.15, -0.1) is 0 Å². The third-order valence-electron chi connectivity index (χ3n) is 3.28. The van der Waals surface area contributed by atoms with Crippen LogP contribution in [0.5, 0.6) is 0 Å². The van der Waals surface area contributed by atoms with Gasteiger partial charge in [-0.1, -0.05) is 30.3 Å². The molecule has 1 aliphatic rings. The van der Waals surface area contributed by atoms with Crippen molar-refractivity contribution in [2.24, 2.45) is 0 Å². The van der Waals surface area contributed by atoms with Gasteiger partial charge in [-0.2, -0.15) is 4.89 Å². The van der Waals surface area contributed by atoms with Crippen molar-refractivity contribution in [1.82, 2.24) is 0 Å². The predicted octanol–water partition coefficient (Wildman–Crippen LogP) is 3.45. The molecular weight excluding hydrogens is 207 g/mol. The highest BCUT2D eigenvalue weighted by atomic mass is 31.1. The van der Waals surface area contributed by atoms with Gasteiger partial charge >= 0.3 is 8.03 Å². The second-order valence-electron chi connectivity index (χ2n) is 4.22. The van der Waals surface area contributed by atoms with Gasteiger partial charge in [0, 0.05) is 0 Å². The first kappa shape index (κ1) is 10.8. The van der Waals surface area contributed by atoms with Crippen LogP contribution in [0, 0.1) is 0 Å². The fraction of sp³-hybridized carbons (Fsp3) is 0.500. The Morgan fingerprint density at radius 1 is 1.07 bits per heavy atom. The molecule has 0 aliphatic heterocycles. The van der Waals surface area contributed by atoms with Gasteiger partial charge in [-0.3, -0.25) is 0 Å². The Morgan fingerprint density at radius 3 is 2.20 bits per heavy atom. The van der Waals surface area contributed by atoms with Crippen LogP contribution in [0.2, 0.25) is 0 Å². The molecule has 1 N–H and O–H groups in total. The maximum atomic E-state index is 10.9. The van der Waals surface area contributed by atoms with Gasteiger partial charge in [0.1, 0.15) is 0 Å². The average Bonchev–Trinajstić information content (AvgIpc) is 2.30. The molecule has 0 bridgehead atoms. The minimum atomic E-state index is -1.96. The number of hydrogen-bond donors (Lipinski definition) is 1. The van der Waals surface area contributed by atoms with E-state index in [1.807, 2.05) is 6.07 Å². The highest BCUT2D eigenvalue weighted by Gasteiger charge is 2.34.